The fourth-order valence-electron chi connectivity index (χ4n) is 5.55. The summed E-state index contributed by atoms with van der Waals surface area (Å²) in [6.07, 6.45) is -1.43. The Morgan fingerprint density at radius 2 is 1.89 bits per heavy atom. The van der Waals surface area contributed by atoms with Gasteiger partial charge in [-0.25, -0.2) is 9.37 Å². The summed E-state index contributed by atoms with van der Waals surface area (Å²) in [7, 11) is 0. The standard InChI is InChI=1S/C32H28F4N4O5/c33-21-5-3-17(4-6-21)27-28-23(31(37,16-44-28)32(34,35)36)12-25(40-27)30(42,20-13-43-14-20)15-39-29(41)19-10-18-2-1-9-38-26(18)24(11-19)45-22-7-8-22/h1-6,9-12,20,22,42H,7-8,13-16,37H2,(H,39,41)/t30?,31-/m0/s1. The first-order chi connectivity index (χ1) is 21.5. The van der Waals surface area contributed by atoms with E-state index in [1.807, 2.05) is 0 Å². The minimum atomic E-state index is -4.91. The summed E-state index contributed by atoms with van der Waals surface area (Å²) in [4.78, 5) is 22.5. The Labute approximate surface area is 254 Å². The van der Waals surface area contributed by atoms with Crippen molar-refractivity contribution in [2.45, 2.75) is 36.3 Å². The van der Waals surface area contributed by atoms with E-state index in [0.29, 0.717) is 16.7 Å². The highest BCUT2D eigenvalue weighted by Gasteiger charge is 2.59. The van der Waals surface area contributed by atoms with E-state index in [1.54, 1.807) is 30.5 Å². The number of nitrogens with two attached hydrogens (primary N) is 1. The quantitative estimate of drug-likeness (QED) is 0.247. The van der Waals surface area contributed by atoms with E-state index in [4.69, 9.17) is 19.9 Å². The minimum Gasteiger partial charge on any atom is -0.488 e. The first-order valence-corrected chi connectivity index (χ1v) is 14.4. The number of halogens is 4. The van der Waals surface area contributed by atoms with E-state index in [1.165, 1.54) is 12.1 Å². The molecule has 1 amide bonds. The molecule has 0 spiro atoms. The topological polar surface area (TPSA) is 129 Å². The van der Waals surface area contributed by atoms with E-state index in [-0.39, 0.29) is 47.6 Å². The summed E-state index contributed by atoms with van der Waals surface area (Å²) in [6, 6.07) is 12.8. The number of pyridine rings is 2. The molecule has 13 heteroatoms. The highest BCUT2D eigenvalue weighted by molar-refractivity contribution is 6.00. The molecule has 4 N–H and O–H groups in total. The van der Waals surface area contributed by atoms with Crippen molar-refractivity contribution in [3.05, 3.63) is 83.4 Å². The molecule has 234 valence electrons. The molecule has 7 rings (SSSR count). The molecule has 1 unspecified atom stereocenters. The van der Waals surface area contributed by atoms with Crippen LogP contribution in [0.4, 0.5) is 17.6 Å². The van der Waals surface area contributed by atoms with Crippen LogP contribution < -0.4 is 20.5 Å². The number of aliphatic hydroxyl groups is 1. The van der Waals surface area contributed by atoms with Crippen LogP contribution in [0.25, 0.3) is 22.2 Å². The molecule has 2 aromatic carbocycles. The van der Waals surface area contributed by atoms with E-state index >= 15 is 0 Å². The number of carbonyl (C=O) groups is 1. The molecule has 4 heterocycles. The van der Waals surface area contributed by atoms with Crippen molar-refractivity contribution in [3.8, 4) is 22.8 Å². The number of hydrogen-bond acceptors (Lipinski definition) is 8. The Bertz CT molecular complexity index is 1800. The van der Waals surface area contributed by atoms with Gasteiger partial charge in [0.2, 0.25) is 0 Å². The summed E-state index contributed by atoms with van der Waals surface area (Å²) in [5.74, 6) is -1.49. The molecule has 4 aromatic rings. The summed E-state index contributed by atoms with van der Waals surface area (Å²) in [5, 5.41) is 15.6. The van der Waals surface area contributed by atoms with Crippen LogP contribution >= 0.6 is 0 Å². The van der Waals surface area contributed by atoms with Crippen molar-refractivity contribution in [3.63, 3.8) is 0 Å². The Morgan fingerprint density at radius 1 is 1.13 bits per heavy atom. The van der Waals surface area contributed by atoms with Gasteiger partial charge in [0.05, 0.1) is 31.6 Å². The highest BCUT2D eigenvalue weighted by atomic mass is 19.4. The molecule has 0 bridgehead atoms. The molecule has 0 radical (unpaired) electrons. The maximum absolute atomic E-state index is 14.3. The van der Waals surface area contributed by atoms with Gasteiger partial charge < -0.3 is 30.4 Å². The monoisotopic (exact) mass is 624 g/mol. The first-order valence-electron chi connectivity index (χ1n) is 14.4. The zero-order valence-electron chi connectivity index (χ0n) is 23.7. The van der Waals surface area contributed by atoms with Gasteiger partial charge in [0.1, 0.15) is 35.0 Å². The Kier molecular flexibility index (Phi) is 6.95. The van der Waals surface area contributed by atoms with Crippen LogP contribution in [-0.2, 0) is 15.9 Å². The van der Waals surface area contributed by atoms with E-state index in [2.05, 4.69) is 15.3 Å². The van der Waals surface area contributed by atoms with Gasteiger partial charge in [0.25, 0.3) is 5.91 Å². The molecule has 9 nitrogen and oxygen atoms in total. The molecule has 45 heavy (non-hydrogen) atoms. The molecular formula is C32H28F4N4O5. The van der Waals surface area contributed by atoms with Crippen LogP contribution in [0.5, 0.6) is 11.5 Å². The predicted molar refractivity (Wildman–Crippen MR) is 153 cm³/mol. The molecule has 2 atom stereocenters. The van der Waals surface area contributed by atoms with E-state index in [0.717, 1.165) is 31.0 Å². The maximum atomic E-state index is 14.3. The predicted octanol–water partition coefficient (Wildman–Crippen LogP) is 4.35. The molecule has 1 saturated heterocycles. The number of alkyl halides is 3. The molecule has 2 fully saturated rings. The zero-order valence-corrected chi connectivity index (χ0v) is 23.7. The van der Waals surface area contributed by atoms with Gasteiger partial charge in [-0.3, -0.25) is 9.78 Å². The molecular weight excluding hydrogens is 596 g/mol. The number of hydrogen-bond donors (Lipinski definition) is 3. The van der Waals surface area contributed by atoms with Crippen molar-refractivity contribution in [1.82, 2.24) is 15.3 Å². The molecule has 2 aliphatic heterocycles. The summed E-state index contributed by atoms with van der Waals surface area (Å²) < 4.78 is 73.5. The van der Waals surface area contributed by atoms with E-state index < -0.39 is 53.7 Å². The molecule has 1 saturated carbocycles. The van der Waals surface area contributed by atoms with Crippen LogP contribution in [-0.4, -0.2) is 59.6 Å². The van der Waals surface area contributed by atoms with Gasteiger partial charge >= 0.3 is 6.18 Å². The summed E-state index contributed by atoms with van der Waals surface area (Å²) in [5.41, 5.74) is 1.52. The van der Waals surface area contributed by atoms with Crippen LogP contribution in [0.3, 0.4) is 0 Å². The number of aromatic nitrogens is 2. The lowest BCUT2D eigenvalue weighted by atomic mass is 9.80. The van der Waals surface area contributed by atoms with Gasteiger partial charge in [-0.1, -0.05) is 6.07 Å². The molecule has 3 aliphatic rings. The van der Waals surface area contributed by atoms with Crippen LogP contribution in [0.2, 0.25) is 0 Å². The third-order valence-electron chi connectivity index (χ3n) is 8.55. The van der Waals surface area contributed by atoms with Crippen molar-refractivity contribution < 1.29 is 41.7 Å². The normalized spacial score (nSPS) is 21.0. The average Bonchev–Trinajstić information content (AvgIpc) is 3.74. The second-order valence-electron chi connectivity index (χ2n) is 11.7. The van der Waals surface area contributed by atoms with Gasteiger partial charge in [-0.15, -0.1) is 0 Å². The average molecular weight is 625 g/mol. The van der Waals surface area contributed by atoms with Gasteiger partial charge in [0, 0.05) is 34.2 Å². The number of fused-ring (bicyclic) bond motifs is 2. The van der Waals surface area contributed by atoms with Gasteiger partial charge in [-0.05, 0) is 61.4 Å². The number of nitrogens with zero attached hydrogens (tertiary/aromatic N) is 2. The van der Waals surface area contributed by atoms with Gasteiger partial charge in [0.15, 0.2) is 11.3 Å². The highest BCUT2D eigenvalue weighted by Crippen LogP contribution is 2.50. The largest absolute Gasteiger partial charge is 0.488 e. The third kappa shape index (κ3) is 5.14. The summed E-state index contributed by atoms with van der Waals surface area (Å²) in [6.45, 7) is -1.18. The van der Waals surface area contributed by atoms with Gasteiger partial charge in [-0.2, -0.15) is 13.2 Å². The van der Waals surface area contributed by atoms with Crippen molar-refractivity contribution in [2.75, 3.05) is 26.4 Å². The van der Waals surface area contributed by atoms with Crippen molar-refractivity contribution in [2.24, 2.45) is 11.7 Å². The molecule has 1 aliphatic carbocycles. The fraction of sp³-hybridized carbons (Fsp3) is 0.344. The zero-order chi connectivity index (χ0) is 31.6. The fourth-order valence-corrected chi connectivity index (χ4v) is 5.55. The number of rotatable bonds is 8. The number of nitrogens with one attached hydrogen (secondary N) is 1. The second-order valence-corrected chi connectivity index (χ2v) is 11.7. The number of carbonyl (C=O) groups excluding carboxylic acids is 1. The number of ether oxygens (including phenoxy) is 3. The van der Waals surface area contributed by atoms with Crippen LogP contribution in [0, 0.1) is 11.7 Å². The van der Waals surface area contributed by atoms with E-state index in [9.17, 15) is 27.5 Å². The Morgan fingerprint density at radius 3 is 2.56 bits per heavy atom. The lowest BCUT2D eigenvalue weighted by Gasteiger charge is -2.41. The second kappa shape index (κ2) is 10.6. The van der Waals surface area contributed by atoms with Crippen molar-refractivity contribution in [1.29, 1.82) is 0 Å². The third-order valence-corrected chi connectivity index (χ3v) is 8.55. The van der Waals surface area contributed by atoms with Crippen LogP contribution in [0.15, 0.2) is 60.8 Å². The Balaban J connectivity index is 1.27. The number of amides is 1. The lowest BCUT2D eigenvalue weighted by Crippen LogP contribution is -2.54. The number of benzene rings is 2. The minimum absolute atomic E-state index is 0.0482. The molecule has 2 aromatic heterocycles. The SMILES string of the molecule is N[C@@]1(C(F)(F)F)COc2c1cc(C(O)(CNC(=O)c1cc(OC3CC3)c3ncccc3c1)C1COC1)nc2-c1ccc(F)cc1. The maximum Gasteiger partial charge on any atom is 0.414 e. The summed E-state index contributed by atoms with van der Waals surface area (Å²) >= 11 is 0. The lowest BCUT2D eigenvalue weighted by molar-refractivity contribution is -0.191. The smallest absolute Gasteiger partial charge is 0.414 e. The Hall–Kier alpha value is -4.33. The van der Waals surface area contributed by atoms with Crippen LogP contribution in [0.1, 0.15) is 34.5 Å². The first kappa shape index (κ1) is 29.4. The van der Waals surface area contributed by atoms with Crippen molar-refractivity contribution >= 4 is 16.8 Å².